The third kappa shape index (κ3) is 8.92. The number of rotatable bonds is 11. The molecule has 3 aromatic heterocycles. The van der Waals surface area contributed by atoms with E-state index in [-0.39, 0.29) is 84.1 Å². The Morgan fingerprint density at radius 2 is 1.84 bits per heavy atom. The van der Waals surface area contributed by atoms with Crippen molar-refractivity contribution in [3.8, 4) is 5.75 Å². The number of alkyl halides is 3. The van der Waals surface area contributed by atoms with E-state index in [0.717, 1.165) is 17.2 Å². The molecule has 19 heteroatoms. The Morgan fingerprint density at radius 3 is 2.53 bits per heavy atom. The van der Waals surface area contributed by atoms with Gasteiger partial charge in [-0.2, -0.15) is 22.7 Å². The van der Waals surface area contributed by atoms with Crippen molar-refractivity contribution in [2.75, 3.05) is 49.6 Å². The van der Waals surface area contributed by atoms with Crippen LogP contribution in [0.3, 0.4) is 0 Å². The van der Waals surface area contributed by atoms with Gasteiger partial charge in [0.2, 0.25) is 11.7 Å². The summed E-state index contributed by atoms with van der Waals surface area (Å²) in [7, 11) is 0. The molecule has 2 aromatic carbocycles. The number of anilines is 2. The predicted molar refractivity (Wildman–Crippen MR) is 208 cm³/mol. The lowest BCUT2D eigenvalue weighted by Crippen LogP contribution is -2.51. The molecule has 5 heterocycles. The number of aryl methyl sites for hydroxylation is 1. The van der Waals surface area contributed by atoms with Gasteiger partial charge in [0.15, 0.2) is 17.3 Å². The van der Waals surface area contributed by atoms with Crippen LogP contribution in [0.1, 0.15) is 46.6 Å². The highest BCUT2D eigenvalue weighted by atomic mass is 35.5. The van der Waals surface area contributed by atoms with Crippen molar-refractivity contribution < 1.29 is 32.2 Å². The lowest BCUT2D eigenvalue weighted by molar-refractivity contribution is -0.116. The van der Waals surface area contributed by atoms with E-state index in [1.807, 2.05) is 48.2 Å². The molecule has 0 atom stereocenters. The Hall–Kier alpha value is -5.46. The molecule has 1 N–H and O–H groups in total. The molecule has 0 spiro atoms. The monoisotopic (exact) mass is 823 g/mol. The van der Waals surface area contributed by atoms with E-state index in [1.54, 1.807) is 16.4 Å². The number of aromatic nitrogens is 6. The summed E-state index contributed by atoms with van der Waals surface area (Å²) in [5, 5.41) is 7.20. The lowest BCUT2D eigenvalue weighted by Gasteiger charge is -2.36. The van der Waals surface area contributed by atoms with E-state index in [4.69, 9.17) is 26.1 Å². The van der Waals surface area contributed by atoms with Gasteiger partial charge < -0.3 is 29.2 Å². The summed E-state index contributed by atoms with van der Waals surface area (Å²) in [6.45, 7) is 5.37. The maximum Gasteiger partial charge on any atom is 0.446 e. The molecule has 0 unspecified atom stereocenters. The molecule has 57 heavy (non-hydrogen) atoms. The molecule has 1 fully saturated rings. The lowest BCUT2D eigenvalue weighted by atomic mass is 10.1. The molecule has 2 amide bonds. The second kappa shape index (κ2) is 17.0. The third-order valence-corrected chi connectivity index (χ3v) is 10.5. The van der Waals surface area contributed by atoms with E-state index in [0.29, 0.717) is 54.7 Å². The first-order valence-corrected chi connectivity index (χ1v) is 19.3. The number of halogens is 4. The largest absolute Gasteiger partial charge is 0.485 e. The minimum Gasteiger partial charge on any atom is -0.485 e. The summed E-state index contributed by atoms with van der Waals surface area (Å²) < 4.78 is 53.1. The minimum absolute atomic E-state index is 0.0744. The molecule has 5 aromatic rings. The molecule has 14 nitrogen and oxygen atoms in total. The second-order valence-electron chi connectivity index (χ2n) is 13.2. The fraction of sp³-hybridized carbons (Fsp3) is 0.342. The van der Waals surface area contributed by atoms with Crippen LogP contribution < -0.4 is 20.5 Å². The first-order valence-electron chi connectivity index (χ1n) is 18.1. The SMILES string of the molecule is CCc1c(N2CCN(C(=O)c3ncnc(C)c3OCc3ccccc3)CC2)c(=O)n2nc(C3=CCOCC3)nc2n1CC(=O)Nc1ccc(SC(F)(F)F)cc1Cl. The maximum absolute atomic E-state index is 14.4. The Labute approximate surface area is 333 Å². The summed E-state index contributed by atoms with van der Waals surface area (Å²) in [4.78, 5) is 58.6. The highest BCUT2D eigenvalue weighted by Gasteiger charge is 2.32. The van der Waals surface area contributed by atoms with E-state index < -0.39 is 17.0 Å². The van der Waals surface area contributed by atoms with Crippen LogP contribution in [0.25, 0.3) is 11.4 Å². The number of ether oxygens (including phenoxy) is 2. The zero-order valence-corrected chi connectivity index (χ0v) is 32.5. The third-order valence-electron chi connectivity index (χ3n) is 9.45. The normalized spacial score (nSPS) is 14.8. The fourth-order valence-electron chi connectivity index (χ4n) is 6.72. The van der Waals surface area contributed by atoms with E-state index in [1.165, 1.54) is 23.0 Å². The Bertz CT molecular complexity index is 2400. The van der Waals surface area contributed by atoms with E-state index >= 15 is 0 Å². The maximum atomic E-state index is 14.4. The van der Waals surface area contributed by atoms with Gasteiger partial charge in [-0.05, 0) is 60.9 Å². The second-order valence-corrected chi connectivity index (χ2v) is 14.7. The molecule has 7 rings (SSSR count). The molecule has 2 aliphatic rings. The Balaban J connectivity index is 1.16. The number of benzene rings is 2. The van der Waals surface area contributed by atoms with Crippen molar-refractivity contribution in [3.63, 3.8) is 0 Å². The first-order chi connectivity index (χ1) is 27.4. The van der Waals surface area contributed by atoms with Gasteiger partial charge in [-0.25, -0.2) is 9.97 Å². The average molecular weight is 824 g/mol. The van der Waals surface area contributed by atoms with Crippen LogP contribution in [-0.4, -0.2) is 90.7 Å². The number of thioether (sulfide) groups is 1. The molecule has 298 valence electrons. The van der Waals surface area contributed by atoms with Crippen molar-refractivity contribution in [2.45, 2.75) is 50.2 Å². The number of carbonyl (C=O) groups excluding carboxylic acids is 2. The van der Waals surface area contributed by atoms with Crippen LogP contribution in [0.4, 0.5) is 24.5 Å². The van der Waals surface area contributed by atoms with Crippen molar-refractivity contribution >= 4 is 57.9 Å². The highest BCUT2D eigenvalue weighted by Crippen LogP contribution is 2.39. The van der Waals surface area contributed by atoms with Crippen LogP contribution in [-0.2, 0) is 29.1 Å². The summed E-state index contributed by atoms with van der Waals surface area (Å²) >= 11 is 5.98. The smallest absolute Gasteiger partial charge is 0.446 e. The molecular formula is C38H37ClF3N9O5S. The van der Waals surface area contributed by atoms with Crippen LogP contribution in [0, 0.1) is 6.92 Å². The van der Waals surface area contributed by atoms with Crippen LogP contribution in [0.15, 0.2) is 70.6 Å². The van der Waals surface area contributed by atoms with Gasteiger partial charge in [-0.15, -0.1) is 5.10 Å². The zero-order valence-electron chi connectivity index (χ0n) is 30.9. The van der Waals surface area contributed by atoms with Crippen molar-refractivity contribution in [2.24, 2.45) is 0 Å². The Kier molecular flexibility index (Phi) is 11.8. The number of hydrogen-bond acceptors (Lipinski definition) is 11. The van der Waals surface area contributed by atoms with Crippen molar-refractivity contribution in [1.82, 2.24) is 34.0 Å². The van der Waals surface area contributed by atoms with Gasteiger partial charge in [0, 0.05) is 31.1 Å². The van der Waals surface area contributed by atoms with Gasteiger partial charge in [0.05, 0.1) is 35.3 Å². The van der Waals surface area contributed by atoms with Crippen LogP contribution in [0.5, 0.6) is 5.75 Å². The average Bonchev–Trinajstić information content (AvgIpc) is 3.66. The number of fused-ring (bicyclic) bond motifs is 1. The number of amides is 2. The number of carbonyl (C=O) groups is 2. The van der Waals surface area contributed by atoms with E-state index in [9.17, 15) is 27.6 Å². The van der Waals surface area contributed by atoms with Crippen molar-refractivity contribution in [3.05, 3.63) is 105 Å². The zero-order chi connectivity index (χ0) is 40.3. The standard InChI is InChI=1S/C38H37ClF3N9O5S/c1-3-29-32(48-13-15-49(16-14-48)35(53)31-33(23(2)43-22-44-31)56-21-24-7-5-4-6-8-24)36(54)51-37(46-34(47-51)25-11-17-55-18-12-25)50(29)20-30(52)45-28-10-9-26(19-27(28)39)57-38(40,41)42/h4-11,19,22H,3,12-18,20-21H2,1-2H3,(H,45,52). The molecule has 0 saturated carbocycles. The fourth-order valence-corrected chi connectivity index (χ4v) is 7.60. The number of piperazine rings is 1. The number of nitrogens with zero attached hydrogens (tertiary/aromatic N) is 8. The Morgan fingerprint density at radius 1 is 1.07 bits per heavy atom. The summed E-state index contributed by atoms with van der Waals surface area (Å²) in [6.07, 6.45) is 4.02. The minimum atomic E-state index is -4.50. The molecule has 1 saturated heterocycles. The number of nitrogens with one attached hydrogen (secondary N) is 1. The van der Waals surface area contributed by atoms with Crippen LogP contribution in [0.2, 0.25) is 5.02 Å². The molecule has 0 aliphatic carbocycles. The first kappa shape index (κ1) is 39.8. The summed E-state index contributed by atoms with van der Waals surface area (Å²) in [5.41, 5.74) is -1.63. The van der Waals surface area contributed by atoms with Gasteiger partial charge in [0.1, 0.15) is 25.2 Å². The summed E-state index contributed by atoms with van der Waals surface area (Å²) in [5.74, 6) is -0.136. The quantitative estimate of drug-likeness (QED) is 0.161. The van der Waals surface area contributed by atoms with Gasteiger partial charge in [0.25, 0.3) is 11.5 Å². The van der Waals surface area contributed by atoms with Crippen LogP contribution >= 0.6 is 23.4 Å². The van der Waals surface area contributed by atoms with E-state index in [2.05, 4.69) is 20.4 Å². The van der Waals surface area contributed by atoms with Gasteiger partial charge >= 0.3 is 5.51 Å². The highest BCUT2D eigenvalue weighted by molar-refractivity contribution is 8.00. The van der Waals surface area contributed by atoms with Crippen molar-refractivity contribution in [1.29, 1.82) is 0 Å². The summed E-state index contributed by atoms with van der Waals surface area (Å²) in [6, 6.07) is 13.2. The topological polar surface area (TPSA) is 149 Å². The predicted octanol–water partition coefficient (Wildman–Crippen LogP) is 5.80. The molecular weight excluding hydrogens is 787 g/mol. The molecule has 0 bridgehead atoms. The van der Waals surface area contributed by atoms with Gasteiger partial charge in [-0.1, -0.05) is 54.9 Å². The number of hydrogen-bond donors (Lipinski definition) is 1. The van der Waals surface area contributed by atoms with Gasteiger partial charge in [-0.3, -0.25) is 14.4 Å². The molecule has 2 aliphatic heterocycles. The molecule has 0 radical (unpaired) electrons.